The minimum atomic E-state index is -0.0665. The third kappa shape index (κ3) is 4.01. The number of halogens is 1. The molecule has 1 fully saturated rings. The van der Waals surface area contributed by atoms with Gasteiger partial charge in [0.15, 0.2) is 0 Å². The lowest BCUT2D eigenvalue weighted by Gasteiger charge is -2.22. The zero-order valence-electron chi connectivity index (χ0n) is 14.8. The Labute approximate surface area is 162 Å². The van der Waals surface area contributed by atoms with Crippen LogP contribution in [0.3, 0.4) is 0 Å². The van der Waals surface area contributed by atoms with E-state index in [4.69, 9.17) is 11.6 Å². The Balaban J connectivity index is 1.54. The average molecular weight is 382 g/mol. The molecule has 0 saturated carbocycles. The number of hydrogen-bond acceptors (Lipinski definition) is 4. The molecule has 3 aromatic rings. The summed E-state index contributed by atoms with van der Waals surface area (Å²) in [5, 5.41) is 7.87. The van der Waals surface area contributed by atoms with Crippen molar-refractivity contribution in [1.82, 2.24) is 20.2 Å². The van der Waals surface area contributed by atoms with E-state index in [1.807, 2.05) is 29.2 Å². The zero-order valence-corrected chi connectivity index (χ0v) is 15.6. The molecule has 0 radical (unpaired) electrons. The topological polar surface area (TPSA) is 74.8 Å². The molecular weight excluding hydrogens is 362 g/mol. The van der Waals surface area contributed by atoms with E-state index < -0.39 is 0 Å². The normalized spacial score (nSPS) is 17.7. The van der Waals surface area contributed by atoms with Crippen LogP contribution in [0.25, 0.3) is 11.3 Å². The molecule has 0 bridgehead atoms. The summed E-state index contributed by atoms with van der Waals surface area (Å²) in [5.41, 5.74) is 2.81. The fourth-order valence-electron chi connectivity index (χ4n) is 3.48. The number of H-pyrrole nitrogens is 1. The number of anilines is 1. The van der Waals surface area contributed by atoms with Crippen LogP contribution < -0.4 is 4.90 Å². The van der Waals surface area contributed by atoms with E-state index in [0.29, 0.717) is 18.1 Å². The van der Waals surface area contributed by atoms with Crippen LogP contribution in [0.1, 0.15) is 24.8 Å². The summed E-state index contributed by atoms with van der Waals surface area (Å²) >= 11 is 5.86. The number of nitrogens with zero attached hydrogens (tertiary/aromatic N) is 4. The zero-order chi connectivity index (χ0) is 18.6. The third-order valence-corrected chi connectivity index (χ3v) is 5.13. The van der Waals surface area contributed by atoms with Crippen LogP contribution in [0.15, 0.2) is 48.9 Å². The Bertz CT molecular complexity index is 910. The summed E-state index contributed by atoms with van der Waals surface area (Å²) < 4.78 is 0. The van der Waals surface area contributed by atoms with Crippen LogP contribution in [0.4, 0.5) is 5.82 Å². The van der Waals surface area contributed by atoms with E-state index in [9.17, 15) is 4.79 Å². The highest BCUT2D eigenvalue weighted by molar-refractivity contribution is 6.29. The van der Waals surface area contributed by atoms with Gasteiger partial charge in [-0.25, -0.2) is 4.98 Å². The van der Waals surface area contributed by atoms with Crippen molar-refractivity contribution in [3.05, 3.63) is 59.6 Å². The van der Waals surface area contributed by atoms with Gasteiger partial charge in [-0.3, -0.25) is 19.8 Å². The molecule has 6 nitrogen and oxygen atoms in total. The van der Waals surface area contributed by atoms with Crippen LogP contribution in [-0.4, -0.2) is 32.6 Å². The number of amides is 1. The second-order valence-electron chi connectivity index (χ2n) is 6.75. The largest absolute Gasteiger partial charge is 0.297 e. The van der Waals surface area contributed by atoms with Gasteiger partial charge in [-0.1, -0.05) is 24.1 Å². The van der Waals surface area contributed by atoms with Crippen molar-refractivity contribution in [3.8, 4) is 11.3 Å². The molecule has 1 unspecified atom stereocenters. The quantitative estimate of drug-likeness (QED) is 0.695. The lowest BCUT2D eigenvalue weighted by molar-refractivity contribution is -0.122. The average Bonchev–Trinajstić information content (AvgIpc) is 3.11. The van der Waals surface area contributed by atoms with Gasteiger partial charge in [0.2, 0.25) is 5.91 Å². The van der Waals surface area contributed by atoms with Crippen LogP contribution in [0.2, 0.25) is 5.15 Å². The van der Waals surface area contributed by atoms with Crippen LogP contribution in [0, 0.1) is 5.92 Å². The van der Waals surface area contributed by atoms with E-state index in [1.165, 1.54) is 0 Å². The van der Waals surface area contributed by atoms with Gasteiger partial charge in [-0.05, 0) is 43.0 Å². The predicted octanol–water partition coefficient (Wildman–Crippen LogP) is 3.90. The molecule has 3 aromatic heterocycles. The molecule has 0 aliphatic carbocycles. The maximum Gasteiger partial charge on any atom is 0.231 e. The molecule has 4 rings (SSSR count). The second-order valence-corrected chi connectivity index (χ2v) is 7.14. The van der Waals surface area contributed by atoms with Crippen molar-refractivity contribution in [2.24, 2.45) is 5.92 Å². The van der Waals surface area contributed by atoms with Crippen molar-refractivity contribution in [3.63, 3.8) is 0 Å². The standard InChI is InChI=1S/C20H20ClN5O/c21-18-5-4-14(13-23-18)11-16-3-1-2-10-26(20(16)27)19-12-17(24-25-19)15-6-8-22-9-7-15/h4-9,12-13,16H,1-3,10-11H2,(H,24,25). The van der Waals surface area contributed by atoms with Gasteiger partial charge in [0.25, 0.3) is 0 Å². The van der Waals surface area contributed by atoms with Gasteiger partial charge in [-0.2, -0.15) is 5.10 Å². The van der Waals surface area contributed by atoms with Gasteiger partial charge in [0, 0.05) is 42.7 Å². The molecule has 1 aliphatic heterocycles. The van der Waals surface area contributed by atoms with E-state index in [0.717, 1.165) is 41.9 Å². The number of carbonyl (C=O) groups excluding carboxylic acids is 1. The van der Waals surface area contributed by atoms with Crippen LogP contribution in [-0.2, 0) is 11.2 Å². The van der Waals surface area contributed by atoms with Crippen LogP contribution in [0.5, 0.6) is 0 Å². The minimum absolute atomic E-state index is 0.0665. The molecule has 138 valence electrons. The van der Waals surface area contributed by atoms with E-state index >= 15 is 0 Å². The number of pyridine rings is 2. The molecule has 1 N–H and O–H groups in total. The van der Waals surface area contributed by atoms with Gasteiger partial charge in [0.05, 0.1) is 5.69 Å². The highest BCUT2D eigenvalue weighted by Gasteiger charge is 2.29. The summed E-state index contributed by atoms with van der Waals surface area (Å²) in [6, 6.07) is 9.45. The molecular formula is C20H20ClN5O. The Morgan fingerprint density at radius 1 is 1.19 bits per heavy atom. The molecule has 1 amide bonds. The SMILES string of the molecule is O=C1C(Cc2ccc(Cl)nc2)CCCCN1c1cc(-c2ccncc2)n[nH]1. The minimum Gasteiger partial charge on any atom is -0.297 e. The Hall–Kier alpha value is -2.73. The molecule has 4 heterocycles. The molecule has 0 spiro atoms. The van der Waals surface area contributed by atoms with E-state index in [1.54, 1.807) is 24.7 Å². The summed E-state index contributed by atoms with van der Waals surface area (Å²) in [5.74, 6) is 0.809. The van der Waals surface area contributed by atoms with Crippen molar-refractivity contribution >= 4 is 23.3 Å². The summed E-state index contributed by atoms with van der Waals surface area (Å²) in [6.45, 7) is 0.701. The first-order valence-corrected chi connectivity index (χ1v) is 9.46. The molecule has 1 saturated heterocycles. The smallest absolute Gasteiger partial charge is 0.231 e. The van der Waals surface area contributed by atoms with Gasteiger partial charge in [-0.15, -0.1) is 0 Å². The first kappa shape index (κ1) is 17.7. The number of nitrogens with one attached hydrogen (secondary N) is 1. The number of aromatic amines is 1. The molecule has 0 aromatic carbocycles. The summed E-state index contributed by atoms with van der Waals surface area (Å²) in [6.07, 6.45) is 8.77. The fraction of sp³-hybridized carbons (Fsp3) is 0.300. The van der Waals surface area contributed by atoms with Crippen molar-refractivity contribution in [1.29, 1.82) is 0 Å². The van der Waals surface area contributed by atoms with E-state index in [2.05, 4.69) is 20.2 Å². The monoisotopic (exact) mass is 381 g/mol. The molecule has 27 heavy (non-hydrogen) atoms. The predicted molar refractivity (Wildman–Crippen MR) is 104 cm³/mol. The molecule has 7 heteroatoms. The Morgan fingerprint density at radius 2 is 2.04 bits per heavy atom. The third-order valence-electron chi connectivity index (χ3n) is 4.90. The van der Waals surface area contributed by atoms with Crippen molar-refractivity contribution in [2.75, 3.05) is 11.4 Å². The maximum atomic E-state index is 13.2. The first-order valence-electron chi connectivity index (χ1n) is 9.08. The van der Waals surface area contributed by atoms with Crippen LogP contribution >= 0.6 is 11.6 Å². The first-order chi connectivity index (χ1) is 13.2. The summed E-state index contributed by atoms with van der Waals surface area (Å²) in [7, 11) is 0. The van der Waals surface area contributed by atoms with Gasteiger partial charge < -0.3 is 0 Å². The van der Waals surface area contributed by atoms with Gasteiger partial charge >= 0.3 is 0 Å². The highest BCUT2D eigenvalue weighted by Crippen LogP contribution is 2.27. The Morgan fingerprint density at radius 3 is 2.81 bits per heavy atom. The number of hydrogen-bond donors (Lipinski definition) is 1. The lowest BCUT2D eigenvalue weighted by atomic mass is 9.95. The fourth-order valence-corrected chi connectivity index (χ4v) is 3.59. The highest BCUT2D eigenvalue weighted by atomic mass is 35.5. The second kappa shape index (κ2) is 7.88. The molecule has 1 aliphatic rings. The number of carbonyl (C=O) groups is 1. The van der Waals surface area contributed by atoms with Crippen molar-refractivity contribution in [2.45, 2.75) is 25.7 Å². The summed E-state index contributed by atoms with van der Waals surface area (Å²) in [4.78, 5) is 23.2. The maximum absolute atomic E-state index is 13.2. The van der Waals surface area contributed by atoms with E-state index in [-0.39, 0.29) is 11.8 Å². The lowest BCUT2D eigenvalue weighted by Crippen LogP contribution is -2.36. The van der Waals surface area contributed by atoms with Crippen molar-refractivity contribution < 1.29 is 4.79 Å². The molecule has 1 atom stereocenters. The Kier molecular flexibility index (Phi) is 5.16. The number of aromatic nitrogens is 4. The van der Waals surface area contributed by atoms with Gasteiger partial charge in [0.1, 0.15) is 11.0 Å². The number of rotatable bonds is 4.